The summed E-state index contributed by atoms with van der Waals surface area (Å²) in [6, 6.07) is 17.0. The minimum atomic E-state index is -0.451. The number of phenols is 1. The van der Waals surface area contributed by atoms with Crippen LogP contribution in [-0.2, 0) is 17.2 Å². The van der Waals surface area contributed by atoms with Gasteiger partial charge in [0.2, 0.25) is 0 Å². The number of amides is 2. The van der Waals surface area contributed by atoms with Crippen LogP contribution < -0.4 is 16.2 Å². The van der Waals surface area contributed by atoms with Crippen molar-refractivity contribution in [1.82, 2.24) is 19.7 Å². The highest BCUT2D eigenvalue weighted by Crippen LogP contribution is 2.29. The monoisotopic (exact) mass is 582 g/mol. The third-order valence-electron chi connectivity index (χ3n) is 7.16. The third-order valence-corrected chi connectivity index (χ3v) is 7.16. The molecule has 1 fully saturated rings. The summed E-state index contributed by atoms with van der Waals surface area (Å²) < 4.78 is 6.52. The van der Waals surface area contributed by atoms with Crippen molar-refractivity contribution in [2.75, 3.05) is 36.9 Å². The quantitative estimate of drug-likeness (QED) is 0.306. The van der Waals surface area contributed by atoms with Crippen molar-refractivity contribution in [2.45, 2.75) is 26.2 Å². The Labute approximate surface area is 249 Å². The van der Waals surface area contributed by atoms with Crippen LogP contribution in [-0.4, -0.2) is 62.9 Å². The van der Waals surface area contributed by atoms with Gasteiger partial charge in [0.1, 0.15) is 17.3 Å². The summed E-state index contributed by atoms with van der Waals surface area (Å²) in [4.78, 5) is 44.6. The van der Waals surface area contributed by atoms with Crippen molar-refractivity contribution in [3.05, 3.63) is 93.9 Å². The lowest BCUT2D eigenvalue weighted by molar-refractivity contribution is 0.0302. The van der Waals surface area contributed by atoms with Crippen LogP contribution in [0.1, 0.15) is 47.1 Å². The molecule has 1 aliphatic heterocycles. The third kappa shape index (κ3) is 6.73. The number of carbonyl (C=O) groups excluding carboxylic acids is 2. The molecule has 3 heterocycles. The minimum absolute atomic E-state index is 0.0939. The first-order chi connectivity index (χ1) is 20.5. The van der Waals surface area contributed by atoms with Gasteiger partial charge in [0.15, 0.2) is 0 Å². The number of aromatic nitrogens is 3. The molecule has 0 radical (unpaired) electrons. The van der Waals surface area contributed by atoms with Crippen LogP contribution in [0.5, 0.6) is 5.75 Å². The number of carbonyl (C=O) groups is 2. The van der Waals surface area contributed by atoms with Crippen LogP contribution in [0.25, 0.3) is 11.3 Å². The molecular formula is C32H34N6O5. The zero-order valence-electron chi connectivity index (χ0n) is 24.5. The lowest BCUT2D eigenvalue weighted by atomic mass is 9.86. The lowest BCUT2D eigenvalue weighted by Crippen LogP contribution is -2.40. The first kappa shape index (κ1) is 29.5. The van der Waals surface area contributed by atoms with Crippen LogP contribution in [0.15, 0.2) is 71.7 Å². The van der Waals surface area contributed by atoms with Gasteiger partial charge in [0.25, 0.3) is 17.4 Å². The van der Waals surface area contributed by atoms with Crippen molar-refractivity contribution < 1.29 is 19.4 Å². The van der Waals surface area contributed by atoms with E-state index in [4.69, 9.17) is 4.74 Å². The number of hydrogen-bond acceptors (Lipinski definition) is 8. The van der Waals surface area contributed by atoms with Crippen molar-refractivity contribution in [3.63, 3.8) is 0 Å². The van der Waals surface area contributed by atoms with E-state index in [9.17, 15) is 19.5 Å². The molecule has 0 aliphatic carbocycles. The predicted molar refractivity (Wildman–Crippen MR) is 164 cm³/mol. The summed E-state index contributed by atoms with van der Waals surface area (Å²) in [5.74, 6) is -0.268. The van der Waals surface area contributed by atoms with E-state index in [1.165, 1.54) is 10.9 Å². The largest absolute Gasteiger partial charge is 0.507 e. The molecule has 0 atom stereocenters. The highest BCUT2D eigenvalue weighted by Gasteiger charge is 2.20. The molecule has 1 aliphatic rings. The van der Waals surface area contributed by atoms with Gasteiger partial charge in [0.05, 0.1) is 30.0 Å². The fourth-order valence-corrected chi connectivity index (χ4v) is 4.67. The maximum atomic E-state index is 13.0. The summed E-state index contributed by atoms with van der Waals surface area (Å²) in [5.41, 5.74) is 2.88. The van der Waals surface area contributed by atoms with Gasteiger partial charge < -0.3 is 25.4 Å². The zero-order chi connectivity index (χ0) is 30.7. The number of hydrogen-bond donors (Lipinski definition) is 3. The number of morpholine rings is 1. The molecule has 0 saturated carbocycles. The molecule has 5 rings (SSSR count). The predicted octanol–water partition coefficient (Wildman–Crippen LogP) is 4.31. The van der Waals surface area contributed by atoms with Gasteiger partial charge in [-0.1, -0.05) is 39.0 Å². The number of phenolic OH excluding ortho intramolecular Hbond substituents is 1. The van der Waals surface area contributed by atoms with Crippen molar-refractivity contribution in [1.29, 1.82) is 0 Å². The second kappa shape index (κ2) is 12.1. The zero-order valence-corrected chi connectivity index (χ0v) is 24.5. The Bertz CT molecular complexity index is 1720. The minimum Gasteiger partial charge on any atom is -0.507 e. The Morgan fingerprint density at radius 2 is 1.77 bits per heavy atom. The van der Waals surface area contributed by atoms with Crippen LogP contribution in [0.3, 0.4) is 0 Å². The van der Waals surface area contributed by atoms with Gasteiger partial charge >= 0.3 is 0 Å². The van der Waals surface area contributed by atoms with Gasteiger partial charge in [-0.15, -0.1) is 0 Å². The smallest absolute Gasteiger partial charge is 0.290 e. The molecule has 11 heteroatoms. The van der Waals surface area contributed by atoms with E-state index in [1.807, 2.05) is 32.9 Å². The second-order valence-electron chi connectivity index (χ2n) is 11.4. The molecule has 1 saturated heterocycles. The van der Waals surface area contributed by atoms with Gasteiger partial charge in [-0.05, 0) is 53.4 Å². The molecule has 0 unspecified atom stereocenters. The van der Waals surface area contributed by atoms with Crippen LogP contribution in [0.4, 0.5) is 17.2 Å². The second-order valence-corrected chi connectivity index (χ2v) is 11.4. The molecular weight excluding hydrogens is 548 g/mol. The summed E-state index contributed by atoms with van der Waals surface area (Å²) in [5, 5.41) is 20.8. The Morgan fingerprint density at radius 3 is 2.44 bits per heavy atom. The summed E-state index contributed by atoms with van der Waals surface area (Å²) in [7, 11) is 1.55. The number of pyridine rings is 1. The Kier molecular flexibility index (Phi) is 8.27. The van der Waals surface area contributed by atoms with Crippen molar-refractivity contribution >= 4 is 29.0 Å². The normalized spacial score (nSPS) is 13.4. The fourth-order valence-electron chi connectivity index (χ4n) is 4.67. The van der Waals surface area contributed by atoms with E-state index in [2.05, 4.69) is 20.7 Å². The average Bonchev–Trinajstić information content (AvgIpc) is 2.99. The molecule has 4 aromatic rings. The standard InChI is InChI=1S/C32H34N6O5/c1-32(2,3)22-9-10-24(27(39)17-22)29(40)34-23-7-5-6-20(16-23)25-18-26(31(42)37(4)36-25)35-28-11-8-21(19-33-28)30(41)38-12-14-43-15-13-38/h5-11,16-19,39H,12-15H2,1-4H3,(H,33,35)(H,34,40). The molecule has 0 bridgehead atoms. The Balaban J connectivity index is 1.33. The van der Waals surface area contributed by atoms with E-state index >= 15 is 0 Å². The van der Waals surface area contributed by atoms with E-state index < -0.39 is 5.91 Å². The van der Waals surface area contributed by atoms with Gasteiger partial charge in [-0.25, -0.2) is 9.67 Å². The van der Waals surface area contributed by atoms with Gasteiger partial charge in [-0.3, -0.25) is 14.4 Å². The molecule has 43 heavy (non-hydrogen) atoms. The molecule has 222 valence electrons. The average molecular weight is 583 g/mol. The number of aromatic hydroxyl groups is 1. The Hall–Kier alpha value is -5.03. The van der Waals surface area contributed by atoms with E-state index in [0.29, 0.717) is 54.6 Å². The number of nitrogens with one attached hydrogen (secondary N) is 2. The lowest BCUT2D eigenvalue weighted by Gasteiger charge is -2.26. The molecule has 11 nitrogen and oxygen atoms in total. The van der Waals surface area contributed by atoms with Crippen molar-refractivity contribution in [3.8, 4) is 17.0 Å². The Morgan fingerprint density at radius 1 is 1.00 bits per heavy atom. The maximum Gasteiger partial charge on any atom is 0.290 e. The number of aryl methyl sites for hydroxylation is 1. The highest BCUT2D eigenvalue weighted by atomic mass is 16.5. The molecule has 2 aromatic heterocycles. The molecule has 2 aromatic carbocycles. The van der Waals surface area contributed by atoms with Crippen LogP contribution in [0, 0.1) is 0 Å². The first-order valence-electron chi connectivity index (χ1n) is 13.9. The number of anilines is 3. The molecule has 0 spiro atoms. The number of benzene rings is 2. The topological polar surface area (TPSA) is 139 Å². The van der Waals surface area contributed by atoms with Gasteiger partial charge in [0, 0.05) is 37.6 Å². The van der Waals surface area contributed by atoms with E-state index in [1.54, 1.807) is 60.5 Å². The first-order valence-corrected chi connectivity index (χ1v) is 13.9. The highest BCUT2D eigenvalue weighted by molar-refractivity contribution is 6.06. The molecule has 3 N–H and O–H groups in total. The number of rotatable bonds is 6. The fraction of sp³-hybridized carbons (Fsp3) is 0.281. The SMILES string of the molecule is Cn1nc(-c2cccc(NC(=O)c3ccc(C(C)(C)C)cc3O)c2)cc(Nc2ccc(C(=O)N3CCOCC3)cn2)c1=O. The number of ether oxygens (including phenoxy) is 1. The summed E-state index contributed by atoms with van der Waals surface area (Å²) in [6.07, 6.45) is 1.48. The van der Waals surface area contributed by atoms with Crippen LogP contribution in [0.2, 0.25) is 0 Å². The van der Waals surface area contributed by atoms with Gasteiger partial charge in [-0.2, -0.15) is 5.10 Å². The van der Waals surface area contributed by atoms with E-state index in [0.717, 1.165) is 5.56 Å². The molecule has 2 amide bonds. The maximum absolute atomic E-state index is 13.0. The van der Waals surface area contributed by atoms with E-state index in [-0.39, 0.29) is 33.9 Å². The summed E-state index contributed by atoms with van der Waals surface area (Å²) >= 11 is 0. The van der Waals surface area contributed by atoms with Crippen LogP contribution >= 0.6 is 0 Å². The number of nitrogens with zero attached hydrogens (tertiary/aromatic N) is 4. The summed E-state index contributed by atoms with van der Waals surface area (Å²) in [6.45, 7) is 8.18. The van der Waals surface area contributed by atoms with Crippen molar-refractivity contribution in [2.24, 2.45) is 7.05 Å².